The summed E-state index contributed by atoms with van der Waals surface area (Å²) in [4.78, 5) is 13.9. The molecular formula is C17H30N4O3. The van der Waals surface area contributed by atoms with Crippen LogP contribution < -0.4 is 5.73 Å². The number of ether oxygens (including phenoxy) is 1. The first kappa shape index (κ1) is 18.7. The van der Waals surface area contributed by atoms with Gasteiger partial charge in [0.1, 0.15) is 11.2 Å². The lowest BCUT2D eigenvalue weighted by Crippen LogP contribution is -2.56. The normalized spacial score (nSPS) is 23.2. The third kappa shape index (κ3) is 3.72. The smallest absolute Gasteiger partial charge is 0.410 e. The van der Waals surface area contributed by atoms with Gasteiger partial charge >= 0.3 is 6.09 Å². The van der Waals surface area contributed by atoms with Crippen LogP contribution in [0.15, 0.2) is 0 Å². The second-order valence-corrected chi connectivity index (χ2v) is 7.79. The van der Waals surface area contributed by atoms with Crippen LogP contribution in [0.25, 0.3) is 0 Å². The molecule has 0 radical (unpaired) electrons. The van der Waals surface area contributed by atoms with E-state index in [0.717, 1.165) is 17.0 Å². The number of aryl methyl sites for hydroxylation is 2. The van der Waals surface area contributed by atoms with Crippen LogP contribution in [0.5, 0.6) is 0 Å². The highest BCUT2D eigenvalue weighted by atomic mass is 16.6. The molecule has 1 fully saturated rings. The molecule has 1 aliphatic heterocycles. The molecule has 1 aromatic heterocycles. The molecule has 7 heteroatoms. The van der Waals surface area contributed by atoms with Gasteiger partial charge in [-0.2, -0.15) is 5.10 Å². The Morgan fingerprint density at radius 1 is 1.42 bits per heavy atom. The van der Waals surface area contributed by atoms with Gasteiger partial charge in [0.2, 0.25) is 0 Å². The minimum absolute atomic E-state index is 0.164. The van der Waals surface area contributed by atoms with E-state index in [4.69, 9.17) is 10.5 Å². The van der Waals surface area contributed by atoms with Crippen molar-refractivity contribution in [3.63, 3.8) is 0 Å². The number of carbonyl (C=O) groups excluding carboxylic acids is 1. The first-order chi connectivity index (χ1) is 10.9. The van der Waals surface area contributed by atoms with Crippen LogP contribution in [0.1, 0.15) is 56.6 Å². The molecule has 1 aromatic rings. The molecule has 0 aromatic carbocycles. The largest absolute Gasteiger partial charge is 0.444 e. The van der Waals surface area contributed by atoms with Gasteiger partial charge in [-0.3, -0.25) is 4.68 Å². The average molecular weight is 338 g/mol. The van der Waals surface area contributed by atoms with Crippen molar-refractivity contribution in [2.45, 2.75) is 64.7 Å². The first-order valence-electron chi connectivity index (χ1n) is 8.40. The maximum Gasteiger partial charge on any atom is 0.410 e. The number of hydrogen-bond donors (Lipinski definition) is 2. The minimum atomic E-state index is -1.19. The van der Waals surface area contributed by atoms with E-state index in [-0.39, 0.29) is 6.54 Å². The molecule has 2 unspecified atom stereocenters. The molecular weight excluding hydrogens is 308 g/mol. The quantitative estimate of drug-likeness (QED) is 0.857. The molecule has 0 saturated carbocycles. The number of β-amino-alcohol motifs (C(OH)–C–C–N with tert-alkyl or cyclic N) is 1. The van der Waals surface area contributed by atoms with E-state index in [1.54, 1.807) is 9.58 Å². The Bertz CT molecular complexity index is 620. The van der Waals surface area contributed by atoms with Crippen molar-refractivity contribution in [1.29, 1.82) is 0 Å². The topological polar surface area (TPSA) is 93.6 Å². The number of likely N-dealkylation sites (tertiary alicyclic amines) is 1. The van der Waals surface area contributed by atoms with Gasteiger partial charge in [0, 0.05) is 24.8 Å². The van der Waals surface area contributed by atoms with Gasteiger partial charge in [0.15, 0.2) is 0 Å². The van der Waals surface area contributed by atoms with Crippen LogP contribution in [-0.4, -0.2) is 50.2 Å². The fraction of sp³-hybridized carbons (Fsp3) is 0.765. The number of nitrogens with two attached hydrogens (primary N) is 1. The van der Waals surface area contributed by atoms with E-state index in [1.807, 2.05) is 41.7 Å². The molecule has 3 N–H and O–H groups in total. The number of piperidine rings is 1. The maximum atomic E-state index is 12.3. The van der Waals surface area contributed by atoms with E-state index in [2.05, 4.69) is 5.10 Å². The second-order valence-electron chi connectivity index (χ2n) is 7.79. The third-order valence-electron chi connectivity index (χ3n) is 4.61. The lowest BCUT2D eigenvalue weighted by Gasteiger charge is -2.42. The number of nitrogens with zero attached hydrogens (tertiary/aromatic N) is 3. The molecule has 2 heterocycles. The number of aromatic nitrogens is 2. The summed E-state index contributed by atoms with van der Waals surface area (Å²) in [5.41, 5.74) is 7.27. The average Bonchev–Trinajstić information content (AvgIpc) is 2.69. The van der Waals surface area contributed by atoms with Gasteiger partial charge in [0.05, 0.1) is 18.3 Å². The Kier molecular flexibility index (Phi) is 4.97. The molecule has 1 saturated heterocycles. The van der Waals surface area contributed by atoms with Crippen LogP contribution in [0, 0.1) is 13.8 Å². The monoisotopic (exact) mass is 338 g/mol. The van der Waals surface area contributed by atoms with Crippen LogP contribution in [0.3, 0.4) is 0 Å². The lowest BCUT2D eigenvalue weighted by atomic mass is 9.82. The van der Waals surface area contributed by atoms with Gasteiger partial charge in [-0.05, 0) is 47.5 Å². The zero-order valence-corrected chi connectivity index (χ0v) is 15.6. The van der Waals surface area contributed by atoms with Crippen molar-refractivity contribution in [2.75, 3.05) is 13.1 Å². The molecule has 0 aliphatic carbocycles. The summed E-state index contributed by atoms with van der Waals surface area (Å²) in [6, 6.07) is -0.601. The second kappa shape index (κ2) is 6.37. The van der Waals surface area contributed by atoms with Crippen molar-refractivity contribution in [1.82, 2.24) is 14.7 Å². The highest BCUT2D eigenvalue weighted by molar-refractivity contribution is 5.68. The highest BCUT2D eigenvalue weighted by Gasteiger charge is 2.43. The van der Waals surface area contributed by atoms with Crippen molar-refractivity contribution in [3.05, 3.63) is 17.0 Å². The summed E-state index contributed by atoms with van der Waals surface area (Å²) in [7, 11) is 1.86. The van der Waals surface area contributed by atoms with Crippen LogP contribution in [-0.2, 0) is 11.8 Å². The molecule has 7 nitrogen and oxygen atoms in total. The number of aliphatic hydroxyl groups is 1. The predicted molar refractivity (Wildman–Crippen MR) is 91.6 cm³/mol. The van der Waals surface area contributed by atoms with E-state index in [0.29, 0.717) is 19.4 Å². The Morgan fingerprint density at radius 2 is 2.04 bits per heavy atom. The molecule has 2 rings (SSSR count). The molecule has 2 atom stereocenters. The molecule has 24 heavy (non-hydrogen) atoms. The molecule has 0 spiro atoms. The number of rotatable bonds is 2. The van der Waals surface area contributed by atoms with E-state index >= 15 is 0 Å². The Morgan fingerprint density at radius 3 is 2.54 bits per heavy atom. The van der Waals surface area contributed by atoms with E-state index < -0.39 is 23.3 Å². The summed E-state index contributed by atoms with van der Waals surface area (Å²) < 4.78 is 7.19. The number of amides is 1. The zero-order chi connectivity index (χ0) is 18.3. The summed E-state index contributed by atoms with van der Waals surface area (Å²) in [6.07, 6.45) is 0.815. The summed E-state index contributed by atoms with van der Waals surface area (Å²) >= 11 is 0. The SMILES string of the molecule is Cc1nn(C)c(C)c1C(N)C1(O)CCCN(C(=O)OC(C)(C)C)C1. The summed E-state index contributed by atoms with van der Waals surface area (Å²) in [5, 5.41) is 15.5. The van der Waals surface area contributed by atoms with Crippen molar-refractivity contribution >= 4 is 6.09 Å². The number of carbonyl (C=O) groups is 1. The fourth-order valence-electron chi connectivity index (χ4n) is 3.31. The fourth-order valence-corrected chi connectivity index (χ4v) is 3.31. The Hall–Kier alpha value is -1.60. The van der Waals surface area contributed by atoms with Crippen molar-refractivity contribution < 1.29 is 14.6 Å². The minimum Gasteiger partial charge on any atom is -0.444 e. The van der Waals surface area contributed by atoms with Gasteiger partial charge in [0.25, 0.3) is 0 Å². The number of hydrogen-bond acceptors (Lipinski definition) is 5. The predicted octanol–water partition coefficient (Wildman–Crippen LogP) is 1.80. The molecule has 1 amide bonds. The third-order valence-corrected chi connectivity index (χ3v) is 4.61. The van der Waals surface area contributed by atoms with Crippen LogP contribution in [0.4, 0.5) is 4.79 Å². The standard InChI is InChI=1S/C17H30N4O3/c1-11-13(12(2)20(6)19-11)14(18)17(23)8-7-9-21(10-17)15(22)24-16(3,4)5/h14,23H,7-10,18H2,1-6H3. The molecule has 1 aliphatic rings. The van der Waals surface area contributed by atoms with Crippen LogP contribution >= 0.6 is 0 Å². The van der Waals surface area contributed by atoms with Crippen molar-refractivity contribution in [2.24, 2.45) is 12.8 Å². The Balaban J connectivity index is 2.21. The van der Waals surface area contributed by atoms with Gasteiger partial charge < -0.3 is 20.5 Å². The molecule has 0 bridgehead atoms. The van der Waals surface area contributed by atoms with Crippen molar-refractivity contribution in [3.8, 4) is 0 Å². The van der Waals surface area contributed by atoms with Gasteiger partial charge in [-0.1, -0.05) is 0 Å². The highest BCUT2D eigenvalue weighted by Crippen LogP contribution is 2.35. The summed E-state index contributed by atoms with van der Waals surface area (Å²) in [6.45, 7) is 10.0. The van der Waals surface area contributed by atoms with E-state index in [1.165, 1.54) is 0 Å². The zero-order valence-electron chi connectivity index (χ0n) is 15.6. The summed E-state index contributed by atoms with van der Waals surface area (Å²) in [5.74, 6) is 0. The lowest BCUT2D eigenvalue weighted by molar-refractivity contribution is -0.0577. The Labute approximate surface area is 143 Å². The van der Waals surface area contributed by atoms with E-state index in [9.17, 15) is 9.90 Å². The first-order valence-corrected chi connectivity index (χ1v) is 8.40. The van der Waals surface area contributed by atoms with Gasteiger partial charge in [-0.25, -0.2) is 4.79 Å². The molecule has 136 valence electrons. The maximum absolute atomic E-state index is 12.3. The van der Waals surface area contributed by atoms with Gasteiger partial charge in [-0.15, -0.1) is 0 Å². The van der Waals surface area contributed by atoms with Crippen LogP contribution in [0.2, 0.25) is 0 Å².